The molecule has 4 rings (SSSR count). The SMILES string of the molecule is O=S(=O)(C1CC1)N(Cc1ccc(-c2noc(C(F)(F)F)n2)s1)C1CC1. The first-order valence-corrected chi connectivity index (χ1v) is 10.1. The monoisotopic (exact) mass is 393 g/mol. The fraction of sp³-hybridized carbons (Fsp3) is 0.571. The van der Waals surface area contributed by atoms with Crippen molar-refractivity contribution in [1.29, 1.82) is 0 Å². The Bertz CT molecular complexity index is 883. The second kappa shape index (κ2) is 5.78. The van der Waals surface area contributed by atoms with E-state index < -0.39 is 22.1 Å². The minimum atomic E-state index is -4.69. The molecule has 11 heteroatoms. The number of nitrogens with zero attached hydrogens (tertiary/aromatic N) is 3. The number of hydrogen-bond acceptors (Lipinski definition) is 6. The van der Waals surface area contributed by atoms with E-state index in [-0.39, 0.29) is 23.7 Å². The Morgan fingerprint density at radius 1 is 1.24 bits per heavy atom. The molecule has 0 bridgehead atoms. The van der Waals surface area contributed by atoms with Crippen molar-refractivity contribution in [3.63, 3.8) is 0 Å². The second-order valence-corrected chi connectivity index (χ2v) is 9.54. The van der Waals surface area contributed by atoms with Crippen molar-refractivity contribution >= 4 is 21.4 Å². The minimum Gasteiger partial charge on any atom is -0.329 e. The van der Waals surface area contributed by atoms with E-state index in [9.17, 15) is 21.6 Å². The topological polar surface area (TPSA) is 76.3 Å². The summed E-state index contributed by atoms with van der Waals surface area (Å²) in [5.74, 6) is -1.54. The van der Waals surface area contributed by atoms with Crippen LogP contribution in [-0.4, -0.2) is 34.2 Å². The van der Waals surface area contributed by atoms with Gasteiger partial charge in [-0.3, -0.25) is 0 Å². The first-order valence-electron chi connectivity index (χ1n) is 7.76. The lowest BCUT2D eigenvalue weighted by Crippen LogP contribution is -2.34. The smallest absolute Gasteiger partial charge is 0.329 e. The first-order chi connectivity index (χ1) is 11.7. The van der Waals surface area contributed by atoms with E-state index in [1.54, 1.807) is 12.1 Å². The molecular weight excluding hydrogens is 379 g/mol. The van der Waals surface area contributed by atoms with Crippen molar-refractivity contribution in [2.75, 3.05) is 0 Å². The molecule has 2 aromatic heterocycles. The van der Waals surface area contributed by atoms with Gasteiger partial charge in [-0.2, -0.15) is 22.5 Å². The summed E-state index contributed by atoms with van der Waals surface area (Å²) in [5.41, 5.74) is 0. The van der Waals surface area contributed by atoms with Crippen LogP contribution in [0.3, 0.4) is 0 Å². The molecule has 0 radical (unpaired) electrons. The summed E-state index contributed by atoms with van der Waals surface area (Å²) in [6.07, 6.45) is -1.59. The van der Waals surface area contributed by atoms with Gasteiger partial charge in [0.15, 0.2) is 0 Å². The molecule has 6 nitrogen and oxygen atoms in total. The molecule has 2 aromatic rings. The van der Waals surface area contributed by atoms with Crippen LogP contribution < -0.4 is 0 Å². The summed E-state index contributed by atoms with van der Waals surface area (Å²) in [6.45, 7) is 0.234. The van der Waals surface area contributed by atoms with E-state index in [0.717, 1.165) is 17.7 Å². The number of hydrogen-bond donors (Lipinski definition) is 0. The fourth-order valence-corrected chi connectivity index (χ4v) is 5.60. The van der Waals surface area contributed by atoms with Gasteiger partial charge in [0.2, 0.25) is 15.8 Å². The maximum Gasteiger partial charge on any atom is 0.471 e. The summed E-state index contributed by atoms with van der Waals surface area (Å²) in [7, 11) is -3.29. The van der Waals surface area contributed by atoms with Gasteiger partial charge in [-0.05, 0) is 37.8 Å². The molecule has 2 fully saturated rings. The van der Waals surface area contributed by atoms with E-state index in [2.05, 4.69) is 14.7 Å². The van der Waals surface area contributed by atoms with Crippen molar-refractivity contribution < 1.29 is 26.1 Å². The molecule has 0 unspecified atom stereocenters. The third-order valence-electron chi connectivity index (χ3n) is 4.09. The summed E-state index contributed by atoms with van der Waals surface area (Å²) >= 11 is 1.17. The zero-order valence-electron chi connectivity index (χ0n) is 12.9. The molecule has 0 saturated heterocycles. The van der Waals surface area contributed by atoms with Crippen molar-refractivity contribution in [2.45, 2.75) is 49.7 Å². The van der Waals surface area contributed by atoms with E-state index in [0.29, 0.717) is 17.7 Å². The number of halogens is 3. The van der Waals surface area contributed by atoms with Crippen LogP contribution in [0.1, 0.15) is 36.5 Å². The summed E-state index contributed by atoms with van der Waals surface area (Å²) in [4.78, 5) is 4.51. The van der Waals surface area contributed by atoms with Gasteiger partial charge < -0.3 is 4.52 Å². The first kappa shape index (κ1) is 17.0. The predicted molar refractivity (Wildman–Crippen MR) is 83.1 cm³/mol. The van der Waals surface area contributed by atoms with Crippen LogP contribution in [-0.2, 0) is 22.7 Å². The Morgan fingerprint density at radius 2 is 1.96 bits per heavy atom. The standard InChI is InChI=1S/C14H14F3N3O3S2/c15-14(16,17)13-18-12(19-23-13)11-6-3-9(24-11)7-20(8-1-2-8)25(21,22)10-4-5-10/h3,6,8,10H,1-2,4-5,7H2. The molecule has 25 heavy (non-hydrogen) atoms. The number of thiophene rings is 1. The lowest BCUT2D eigenvalue weighted by molar-refractivity contribution is -0.159. The highest BCUT2D eigenvalue weighted by molar-refractivity contribution is 7.90. The van der Waals surface area contributed by atoms with Gasteiger partial charge in [0.1, 0.15) is 0 Å². The summed E-state index contributed by atoms with van der Waals surface area (Å²) < 4.78 is 68.4. The normalized spacial score (nSPS) is 18.9. The number of aromatic nitrogens is 2. The Labute approximate surface area is 145 Å². The van der Waals surface area contributed by atoms with Crippen molar-refractivity contribution in [1.82, 2.24) is 14.4 Å². The molecule has 0 atom stereocenters. The maximum atomic E-state index is 12.5. The lowest BCUT2D eigenvalue weighted by atomic mass is 10.4. The maximum absolute atomic E-state index is 12.5. The van der Waals surface area contributed by atoms with Crippen molar-refractivity contribution in [2.24, 2.45) is 0 Å². The molecule has 2 heterocycles. The second-order valence-electron chi connectivity index (χ2n) is 6.21. The van der Waals surface area contributed by atoms with Crippen LogP contribution in [0.2, 0.25) is 0 Å². The van der Waals surface area contributed by atoms with E-state index in [1.165, 1.54) is 15.6 Å². The average Bonchev–Trinajstić information content (AvgIpc) is 3.44. The summed E-state index contributed by atoms with van der Waals surface area (Å²) in [5, 5.41) is 3.07. The molecular formula is C14H14F3N3O3S2. The number of sulfonamides is 1. The molecule has 0 N–H and O–H groups in total. The van der Waals surface area contributed by atoms with E-state index >= 15 is 0 Å². The molecule has 0 aliphatic heterocycles. The highest BCUT2D eigenvalue weighted by Gasteiger charge is 2.45. The number of alkyl halides is 3. The zero-order valence-corrected chi connectivity index (χ0v) is 14.5. The molecule has 2 saturated carbocycles. The highest BCUT2D eigenvalue weighted by atomic mass is 32.2. The molecule has 2 aliphatic rings. The van der Waals surface area contributed by atoms with Crippen molar-refractivity contribution in [3.05, 3.63) is 22.9 Å². The Kier molecular flexibility index (Phi) is 3.92. The van der Waals surface area contributed by atoms with E-state index in [4.69, 9.17) is 0 Å². The van der Waals surface area contributed by atoms with Crippen LogP contribution in [0, 0.1) is 0 Å². The predicted octanol–water partition coefficient (Wildman–Crippen LogP) is 3.27. The third-order valence-corrected chi connectivity index (χ3v) is 7.55. The molecule has 2 aliphatic carbocycles. The van der Waals surface area contributed by atoms with Gasteiger partial charge >= 0.3 is 12.1 Å². The zero-order chi connectivity index (χ0) is 17.8. The van der Waals surface area contributed by atoms with Crippen LogP contribution in [0.15, 0.2) is 16.7 Å². The molecule has 0 aromatic carbocycles. The van der Waals surface area contributed by atoms with Gasteiger partial charge in [-0.15, -0.1) is 11.3 Å². The lowest BCUT2D eigenvalue weighted by Gasteiger charge is -2.20. The van der Waals surface area contributed by atoms with Crippen LogP contribution in [0.4, 0.5) is 13.2 Å². The quantitative estimate of drug-likeness (QED) is 0.753. The number of rotatable bonds is 6. The fourth-order valence-electron chi connectivity index (χ4n) is 2.52. The third kappa shape index (κ3) is 3.44. The van der Waals surface area contributed by atoms with Crippen LogP contribution in [0.25, 0.3) is 10.7 Å². The highest BCUT2D eigenvalue weighted by Crippen LogP contribution is 2.39. The van der Waals surface area contributed by atoms with Gasteiger partial charge in [0, 0.05) is 17.5 Å². The Balaban J connectivity index is 1.54. The van der Waals surface area contributed by atoms with Gasteiger partial charge in [-0.1, -0.05) is 5.16 Å². The Hall–Kier alpha value is -1.46. The van der Waals surface area contributed by atoms with Crippen molar-refractivity contribution in [3.8, 4) is 10.7 Å². The summed E-state index contributed by atoms with van der Waals surface area (Å²) in [6, 6.07) is 3.32. The van der Waals surface area contributed by atoms with Crippen LogP contribution in [0.5, 0.6) is 0 Å². The van der Waals surface area contributed by atoms with Gasteiger partial charge in [0.25, 0.3) is 0 Å². The average molecular weight is 393 g/mol. The minimum absolute atomic E-state index is 0.0400. The molecule has 0 amide bonds. The van der Waals surface area contributed by atoms with Gasteiger partial charge in [-0.25, -0.2) is 8.42 Å². The van der Waals surface area contributed by atoms with Gasteiger partial charge in [0.05, 0.1) is 10.1 Å². The molecule has 0 spiro atoms. The Morgan fingerprint density at radius 3 is 2.52 bits per heavy atom. The molecule has 136 valence electrons. The van der Waals surface area contributed by atoms with Crippen LogP contribution >= 0.6 is 11.3 Å². The largest absolute Gasteiger partial charge is 0.471 e. The van der Waals surface area contributed by atoms with E-state index in [1.807, 2.05) is 0 Å².